The van der Waals surface area contributed by atoms with Crippen molar-refractivity contribution in [1.82, 2.24) is 10.6 Å². The van der Waals surface area contributed by atoms with Crippen LogP contribution in [0.3, 0.4) is 0 Å². The first-order valence-corrected chi connectivity index (χ1v) is 5.55. The maximum absolute atomic E-state index is 10.3. The van der Waals surface area contributed by atoms with Crippen LogP contribution in [-0.4, -0.2) is 24.0 Å². The van der Waals surface area contributed by atoms with Gasteiger partial charge in [-0.3, -0.25) is 10.6 Å². The normalized spacial score (nSPS) is 19.6. The Hall–Kier alpha value is -0.610. The summed E-state index contributed by atoms with van der Waals surface area (Å²) in [6, 6.07) is 10.0. The van der Waals surface area contributed by atoms with Gasteiger partial charge >= 0.3 is 0 Å². The van der Waals surface area contributed by atoms with Gasteiger partial charge in [0.25, 0.3) is 0 Å². The van der Waals surface area contributed by atoms with Gasteiger partial charge in [-0.1, -0.05) is 30.3 Å². The molecule has 1 aromatic rings. The summed E-state index contributed by atoms with van der Waals surface area (Å²) in [4.78, 5) is 0. The van der Waals surface area contributed by atoms with Crippen molar-refractivity contribution >= 4 is 12.4 Å². The van der Waals surface area contributed by atoms with E-state index in [-0.39, 0.29) is 12.4 Å². The second-order valence-corrected chi connectivity index (χ2v) is 4.08. The fraction of sp³-hybridized carbons (Fsp3) is 0.500. The van der Waals surface area contributed by atoms with Gasteiger partial charge in [0, 0.05) is 6.42 Å². The number of hydrogen-bond acceptors (Lipinski definition) is 3. The van der Waals surface area contributed by atoms with Gasteiger partial charge in [-0.2, -0.15) is 0 Å². The van der Waals surface area contributed by atoms with Crippen LogP contribution >= 0.6 is 12.4 Å². The second-order valence-electron chi connectivity index (χ2n) is 4.08. The van der Waals surface area contributed by atoms with Crippen LogP contribution in [0.2, 0.25) is 0 Å². The quantitative estimate of drug-likeness (QED) is 0.732. The molecule has 90 valence electrons. The highest BCUT2D eigenvalue weighted by atomic mass is 35.5. The molecule has 4 heteroatoms. The Morgan fingerprint density at radius 1 is 1.06 bits per heavy atom. The molecule has 1 saturated heterocycles. The standard InChI is InChI=1S/C12H18N2O.ClH/c15-12(13-8-4-5-9-14-12)10-11-6-2-1-3-7-11;/h1-3,6-7,13-15H,4-5,8-10H2;1H. The van der Waals surface area contributed by atoms with E-state index in [4.69, 9.17) is 0 Å². The van der Waals surface area contributed by atoms with Crippen LogP contribution in [0.5, 0.6) is 0 Å². The zero-order chi connectivity index (χ0) is 10.6. The third-order valence-corrected chi connectivity index (χ3v) is 2.74. The van der Waals surface area contributed by atoms with Gasteiger partial charge in [-0.25, -0.2) is 0 Å². The molecule has 16 heavy (non-hydrogen) atoms. The molecule has 0 unspecified atom stereocenters. The summed E-state index contributed by atoms with van der Waals surface area (Å²) in [5.74, 6) is -0.933. The molecule has 0 atom stereocenters. The van der Waals surface area contributed by atoms with Crippen molar-refractivity contribution in [2.45, 2.75) is 25.1 Å². The molecule has 0 amide bonds. The molecule has 0 saturated carbocycles. The minimum atomic E-state index is -0.933. The first kappa shape index (κ1) is 13.5. The molecule has 1 aromatic carbocycles. The second kappa shape index (κ2) is 6.21. The molecule has 1 heterocycles. The monoisotopic (exact) mass is 242 g/mol. The molecule has 0 bridgehead atoms. The first-order chi connectivity index (χ1) is 7.29. The van der Waals surface area contributed by atoms with Crippen LogP contribution < -0.4 is 10.6 Å². The summed E-state index contributed by atoms with van der Waals surface area (Å²) in [6.45, 7) is 1.74. The lowest BCUT2D eigenvalue weighted by Crippen LogP contribution is -2.57. The van der Waals surface area contributed by atoms with Crippen LogP contribution in [0.4, 0.5) is 0 Å². The zero-order valence-electron chi connectivity index (χ0n) is 9.28. The average molecular weight is 243 g/mol. The summed E-state index contributed by atoms with van der Waals surface area (Å²) < 4.78 is 0. The Labute approximate surface area is 103 Å². The van der Waals surface area contributed by atoms with E-state index in [2.05, 4.69) is 10.6 Å². The van der Waals surface area contributed by atoms with E-state index in [9.17, 15) is 5.11 Å². The zero-order valence-corrected chi connectivity index (χ0v) is 10.1. The Kier molecular flexibility index (Phi) is 5.22. The van der Waals surface area contributed by atoms with Gasteiger partial charge in [-0.05, 0) is 31.5 Å². The summed E-state index contributed by atoms with van der Waals surface area (Å²) in [6.07, 6.45) is 2.84. The van der Waals surface area contributed by atoms with E-state index >= 15 is 0 Å². The van der Waals surface area contributed by atoms with Crippen LogP contribution in [0, 0.1) is 0 Å². The fourth-order valence-electron chi connectivity index (χ4n) is 1.92. The number of halogens is 1. The van der Waals surface area contributed by atoms with E-state index in [0.717, 1.165) is 31.5 Å². The third-order valence-electron chi connectivity index (χ3n) is 2.74. The van der Waals surface area contributed by atoms with Crippen LogP contribution in [0.15, 0.2) is 30.3 Å². The van der Waals surface area contributed by atoms with Crippen LogP contribution in [0.1, 0.15) is 18.4 Å². The molecule has 3 N–H and O–H groups in total. The van der Waals surface area contributed by atoms with Crippen molar-refractivity contribution in [1.29, 1.82) is 0 Å². The lowest BCUT2D eigenvalue weighted by atomic mass is 10.1. The fourth-order valence-corrected chi connectivity index (χ4v) is 1.92. The average Bonchev–Trinajstić information content (AvgIpc) is 2.45. The largest absolute Gasteiger partial charge is 0.363 e. The van der Waals surface area contributed by atoms with Crippen molar-refractivity contribution < 1.29 is 5.11 Å². The minimum absolute atomic E-state index is 0. The maximum atomic E-state index is 10.3. The van der Waals surface area contributed by atoms with Crippen molar-refractivity contribution in [2.75, 3.05) is 13.1 Å². The molecule has 0 aliphatic carbocycles. The number of hydrogen-bond donors (Lipinski definition) is 3. The molecule has 0 radical (unpaired) electrons. The Morgan fingerprint density at radius 3 is 2.19 bits per heavy atom. The van der Waals surface area contributed by atoms with Gasteiger partial charge in [0.2, 0.25) is 0 Å². The summed E-state index contributed by atoms with van der Waals surface area (Å²) in [5, 5.41) is 16.6. The van der Waals surface area contributed by atoms with E-state index in [1.807, 2.05) is 30.3 Å². The lowest BCUT2D eigenvalue weighted by Gasteiger charge is -2.28. The maximum Gasteiger partial charge on any atom is 0.175 e. The topological polar surface area (TPSA) is 44.3 Å². The van der Waals surface area contributed by atoms with Crippen LogP contribution in [-0.2, 0) is 6.42 Å². The number of benzene rings is 1. The molecular weight excluding hydrogens is 224 g/mol. The smallest absolute Gasteiger partial charge is 0.175 e. The highest BCUT2D eigenvalue weighted by molar-refractivity contribution is 5.85. The van der Waals surface area contributed by atoms with Crippen LogP contribution in [0.25, 0.3) is 0 Å². The highest BCUT2D eigenvalue weighted by Gasteiger charge is 2.26. The van der Waals surface area contributed by atoms with Gasteiger partial charge < -0.3 is 5.11 Å². The lowest BCUT2D eigenvalue weighted by molar-refractivity contribution is -0.0210. The highest BCUT2D eigenvalue weighted by Crippen LogP contribution is 2.10. The van der Waals surface area contributed by atoms with E-state index < -0.39 is 5.85 Å². The molecule has 0 spiro atoms. The molecule has 1 aliphatic rings. The molecule has 1 aliphatic heterocycles. The SMILES string of the molecule is Cl.OC1(Cc2ccccc2)NCCCCN1. The van der Waals surface area contributed by atoms with Gasteiger partial charge in [0.15, 0.2) is 5.85 Å². The summed E-state index contributed by atoms with van der Waals surface area (Å²) in [5.41, 5.74) is 1.14. The third kappa shape index (κ3) is 3.76. The van der Waals surface area contributed by atoms with Crippen molar-refractivity contribution in [2.24, 2.45) is 0 Å². The van der Waals surface area contributed by atoms with E-state index in [0.29, 0.717) is 6.42 Å². The number of aliphatic hydroxyl groups is 1. The van der Waals surface area contributed by atoms with Crippen molar-refractivity contribution in [3.8, 4) is 0 Å². The van der Waals surface area contributed by atoms with Crippen molar-refractivity contribution in [3.05, 3.63) is 35.9 Å². The molecule has 2 rings (SSSR count). The van der Waals surface area contributed by atoms with E-state index in [1.165, 1.54) is 0 Å². The first-order valence-electron chi connectivity index (χ1n) is 5.55. The van der Waals surface area contributed by atoms with Gasteiger partial charge in [0.05, 0.1) is 0 Å². The summed E-state index contributed by atoms with van der Waals surface area (Å²) >= 11 is 0. The van der Waals surface area contributed by atoms with Gasteiger partial charge in [0.1, 0.15) is 0 Å². The Morgan fingerprint density at radius 2 is 1.62 bits per heavy atom. The molecular formula is C12H19ClN2O. The minimum Gasteiger partial charge on any atom is -0.363 e. The predicted octanol–water partition coefficient (Wildman–Crippen LogP) is 1.27. The number of nitrogens with one attached hydrogen (secondary N) is 2. The number of rotatable bonds is 2. The van der Waals surface area contributed by atoms with Gasteiger partial charge in [-0.15, -0.1) is 12.4 Å². The predicted molar refractivity (Wildman–Crippen MR) is 67.6 cm³/mol. The molecule has 3 nitrogen and oxygen atoms in total. The molecule has 1 fully saturated rings. The Bertz CT molecular complexity index is 297. The van der Waals surface area contributed by atoms with E-state index in [1.54, 1.807) is 0 Å². The van der Waals surface area contributed by atoms with Crippen molar-refractivity contribution in [3.63, 3.8) is 0 Å². The Balaban J connectivity index is 0.00000128. The summed E-state index contributed by atoms with van der Waals surface area (Å²) in [7, 11) is 0. The molecule has 0 aromatic heterocycles.